The minimum atomic E-state index is -4.58. The molecule has 0 radical (unpaired) electrons. The number of anilines is 2. The molecule has 3 aliphatic rings. The maximum atomic E-state index is 13.9. The number of rotatable bonds is 4. The number of aromatic nitrogens is 3. The number of halogens is 3. The average Bonchev–Trinajstić information content (AvgIpc) is 3.11. The van der Waals surface area contributed by atoms with Crippen LogP contribution in [0.4, 0.5) is 24.9 Å². The Kier molecular flexibility index (Phi) is 5.15. The lowest BCUT2D eigenvalue weighted by atomic mass is 10.1. The van der Waals surface area contributed by atoms with Crippen LogP contribution in [0.25, 0.3) is 0 Å². The molecular formula is C21H22F3N5O3. The van der Waals surface area contributed by atoms with Crippen LogP contribution in [0.1, 0.15) is 29.8 Å². The number of carbonyl (C=O) groups excluding carboxylic acids is 1. The van der Waals surface area contributed by atoms with E-state index in [0.29, 0.717) is 18.9 Å². The van der Waals surface area contributed by atoms with Crippen molar-refractivity contribution in [1.29, 1.82) is 0 Å². The van der Waals surface area contributed by atoms with Gasteiger partial charge in [-0.2, -0.15) is 18.2 Å². The van der Waals surface area contributed by atoms with Crippen molar-refractivity contribution < 1.29 is 22.7 Å². The van der Waals surface area contributed by atoms with Gasteiger partial charge >= 0.3 is 6.18 Å². The van der Waals surface area contributed by atoms with Gasteiger partial charge in [-0.05, 0) is 31.4 Å². The summed E-state index contributed by atoms with van der Waals surface area (Å²) in [6.07, 6.45) is -1.64. The lowest BCUT2D eigenvalue weighted by Gasteiger charge is -2.39. The highest BCUT2D eigenvalue weighted by atomic mass is 19.4. The van der Waals surface area contributed by atoms with Crippen LogP contribution in [-0.4, -0.2) is 64.4 Å². The van der Waals surface area contributed by atoms with E-state index in [-0.39, 0.29) is 36.8 Å². The van der Waals surface area contributed by atoms with Crippen molar-refractivity contribution in [3.8, 4) is 0 Å². The Hall–Kier alpha value is -2.95. The Bertz CT molecular complexity index is 1060. The highest BCUT2D eigenvalue weighted by Gasteiger charge is 2.47. The molecule has 2 unspecified atom stereocenters. The van der Waals surface area contributed by atoms with Gasteiger partial charge in [-0.3, -0.25) is 19.1 Å². The van der Waals surface area contributed by atoms with Crippen molar-refractivity contribution in [2.24, 2.45) is 0 Å². The number of fused-ring (bicyclic) bond motifs is 3. The molecule has 2 bridgehead atoms. The van der Waals surface area contributed by atoms with Crippen molar-refractivity contribution in [1.82, 2.24) is 14.5 Å². The molecule has 0 amide bonds. The topological polar surface area (TPSA) is 80.6 Å². The molecule has 3 aliphatic heterocycles. The number of pyridine rings is 1. The summed E-state index contributed by atoms with van der Waals surface area (Å²) < 4.78 is 48.7. The third-order valence-corrected chi connectivity index (χ3v) is 6.24. The van der Waals surface area contributed by atoms with Crippen LogP contribution in [0.2, 0.25) is 0 Å². The predicted molar refractivity (Wildman–Crippen MR) is 109 cm³/mol. The second kappa shape index (κ2) is 7.88. The van der Waals surface area contributed by atoms with Gasteiger partial charge < -0.3 is 14.5 Å². The zero-order valence-corrected chi connectivity index (χ0v) is 17.2. The van der Waals surface area contributed by atoms with Gasteiger partial charge in [0.15, 0.2) is 5.78 Å². The molecule has 2 saturated heterocycles. The SMILES string of the molecule is O=C(CN1c2nc(N3CC4CCC(C3)O4)cc(=O)n2CC[C@H]1C(F)(F)F)c1ccccn1. The lowest BCUT2D eigenvalue weighted by Crippen LogP contribution is -2.54. The molecular weight excluding hydrogens is 427 g/mol. The molecule has 8 nitrogen and oxygen atoms in total. The van der Waals surface area contributed by atoms with Gasteiger partial charge in [0.2, 0.25) is 5.95 Å². The van der Waals surface area contributed by atoms with E-state index in [0.717, 1.165) is 17.7 Å². The third-order valence-electron chi connectivity index (χ3n) is 6.24. The standard InChI is InChI=1S/C21H22F3N5O3/c22-21(23,24)17-6-8-28-19(31)9-18(27-10-13-4-5-14(11-27)32-13)26-20(28)29(17)12-16(30)15-3-1-2-7-25-15/h1-3,7,9,13-14,17H,4-6,8,10-12H2/t13?,14?,17-/m0/s1. The van der Waals surface area contributed by atoms with Crippen molar-refractivity contribution in [3.05, 3.63) is 46.5 Å². The van der Waals surface area contributed by atoms with Crippen LogP contribution in [0.3, 0.4) is 0 Å². The van der Waals surface area contributed by atoms with Crippen LogP contribution in [0.15, 0.2) is 35.3 Å². The van der Waals surface area contributed by atoms with Gasteiger partial charge in [0.1, 0.15) is 17.6 Å². The predicted octanol–water partition coefficient (Wildman–Crippen LogP) is 2.03. The Morgan fingerprint density at radius 2 is 1.91 bits per heavy atom. The highest BCUT2D eigenvalue weighted by Crippen LogP contribution is 2.35. The number of ketones is 1. The summed E-state index contributed by atoms with van der Waals surface area (Å²) in [5, 5.41) is 0. The first-order chi connectivity index (χ1) is 15.3. The monoisotopic (exact) mass is 449 g/mol. The summed E-state index contributed by atoms with van der Waals surface area (Å²) in [6.45, 7) is 0.365. The number of Topliss-reactive ketones (excluding diaryl/α,β-unsaturated/α-hetero) is 1. The molecule has 11 heteroatoms. The molecule has 2 fully saturated rings. The van der Waals surface area contributed by atoms with Crippen LogP contribution < -0.4 is 15.4 Å². The van der Waals surface area contributed by atoms with Crippen LogP contribution in [-0.2, 0) is 11.3 Å². The number of nitrogens with zero attached hydrogens (tertiary/aromatic N) is 5. The second-order valence-corrected chi connectivity index (χ2v) is 8.38. The van der Waals surface area contributed by atoms with E-state index in [1.54, 1.807) is 12.1 Å². The molecule has 3 atom stereocenters. The van der Waals surface area contributed by atoms with E-state index in [1.165, 1.54) is 22.9 Å². The summed E-state index contributed by atoms with van der Waals surface area (Å²) in [6, 6.07) is 4.11. The van der Waals surface area contributed by atoms with Gasteiger partial charge in [0, 0.05) is 31.9 Å². The fourth-order valence-corrected chi connectivity index (χ4v) is 4.71. The van der Waals surface area contributed by atoms with E-state index in [4.69, 9.17) is 4.74 Å². The summed E-state index contributed by atoms with van der Waals surface area (Å²) >= 11 is 0. The Morgan fingerprint density at radius 1 is 1.16 bits per heavy atom. The number of hydrogen-bond donors (Lipinski definition) is 0. The maximum Gasteiger partial charge on any atom is 0.408 e. The molecule has 0 N–H and O–H groups in total. The van der Waals surface area contributed by atoms with E-state index >= 15 is 0 Å². The fraction of sp³-hybridized carbons (Fsp3) is 0.524. The first-order valence-electron chi connectivity index (χ1n) is 10.6. The van der Waals surface area contributed by atoms with Crippen molar-refractivity contribution in [3.63, 3.8) is 0 Å². The number of alkyl halides is 3. The summed E-state index contributed by atoms with van der Waals surface area (Å²) in [4.78, 5) is 36.8. The van der Waals surface area contributed by atoms with Gasteiger partial charge in [0.05, 0.1) is 18.8 Å². The highest BCUT2D eigenvalue weighted by molar-refractivity contribution is 5.97. The van der Waals surface area contributed by atoms with E-state index in [9.17, 15) is 22.8 Å². The van der Waals surface area contributed by atoms with Crippen molar-refractivity contribution in [2.75, 3.05) is 29.4 Å². The smallest absolute Gasteiger partial charge is 0.371 e. The number of carbonyl (C=O) groups is 1. The minimum Gasteiger partial charge on any atom is -0.371 e. The fourth-order valence-electron chi connectivity index (χ4n) is 4.71. The van der Waals surface area contributed by atoms with E-state index in [2.05, 4.69) is 9.97 Å². The average molecular weight is 449 g/mol. The zero-order valence-electron chi connectivity index (χ0n) is 17.2. The Morgan fingerprint density at radius 3 is 2.56 bits per heavy atom. The molecule has 5 rings (SSSR count). The lowest BCUT2D eigenvalue weighted by molar-refractivity contribution is -0.152. The molecule has 32 heavy (non-hydrogen) atoms. The summed E-state index contributed by atoms with van der Waals surface area (Å²) in [5.74, 6) is -0.388. The molecule has 0 spiro atoms. The second-order valence-electron chi connectivity index (χ2n) is 8.38. The van der Waals surface area contributed by atoms with Gasteiger partial charge in [-0.1, -0.05) is 6.07 Å². The van der Waals surface area contributed by atoms with Crippen LogP contribution >= 0.6 is 0 Å². The Balaban J connectivity index is 1.53. The summed E-state index contributed by atoms with van der Waals surface area (Å²) in [5.41, 5.74) is -0.367. The van der Waals surface area contributed by atoms with E-state index in [1.807, 2.05) is 4.90 Å². The molecule has 0 aliphatic carbocycles. The molecule has 170 valence electrons. The Labute approximate surface area is 181 Å². The number of morpholine rings is 1. The van der Waals surface area contributed by atoms with Gasteiger partial charge in [0.25, 0.3) is 5.56 Å². The molecule has 2 aromatic heterocycles. The van der Waals surface area contributed by atoms with Crippen LogP contribution in [0, 0.1) is 0 Å². The van der Waals surface area contributed by atoms with E-state index < -0.39 is 30.1 Å². The molecule has 5 heterocycles. The molecule has 0 saturated carbocycles. The van der Waals surface area contributed by atoms with Crippen LogP contribution in [0.5, 0.6) is 0 Å². The number of ether oxygens (including phenoxy) is 1. The van der Waals surface area contributed by atoms with Crippen molar-refractivity contribution >= 4 is 17.5 Å². The quantitative estimate of drug-likeness (QED) is 0.661. The first-order valence-corrected chi connectivity index (χ1v) is 10.6. The first kappa shape index (κ1) is 20.9. The largest absolute Gasteiger partial charge is 0.408 e. The zero-order chi connectivity index (χ0) is 22.5. The van der Waals surface area contributed by atoms with Gasteiger partial charge in [-0.15, -0.1) is 0 Å². The van der Waals surface area contributed by atoms with Crippen molar-refractivity contribution in [2.45, 2.75) is 50.2 Å². The third kappa shape index (κ3) is 3.85. The molecule has 0 aromatic carbocycles. The summed E-state index contributed by atoms with van der Waals surface area (Å²) in [7, 11) is 0. The van der Waals surface area contributed by atoms with Gasteiger partial charge in [-0.25, -0.2) is 0 Å². The minimum absolute atomic E-state index is 0.0269. The molecule has 2 aromatic rings. The maximum absolute atomic E-state index is 13.9. The normalized spacial score (nSPS) is 25.0. The number of hydrogen-bond acceptors (Lipinski definition) is 7.